The fourth-order valence-corrected chi connectivity index (χ4v) is 3.42. The van der Waals surface area contributed by atoms with E-state index in [-0.39, 0.29) is 11.7 Å². The van der Waals surface area contributed by atoms with E-state index >= 15 is 0 Å². The molecule has 2 fully saturated rings. The third-order valence-electron chi connectivity index (χ3n) is 4.96. The Morgan fingerprint density at radius 3 is 2.23 bits per heavy atom. The first-order valence-electron chi connectivity index (χ1n) is 9.08. The van der Waals surface area contributed by atoms with Gasteiger partial charge in [0.2, 0.25) is 5.91 Å². The molecule has 3 heterocycles. The highest BCUT2D eigenvalue weighted by atomic mass is 19.4. The number of nitrogens with zero attached hydrogens (tertiary/aromatic N) is 5. The standard InChI is InChI=1S/C17H24F3N5O/c18-17(19,20)14-11-15(22-13-21-14)24-9-7-23(8-10-24)12-16(26)25-5-3-1-2-4-6-25/h11,13H,1-10,12H2. The zero-order valence-corrected chi connectivity index (χ0v) is 14.7. The molecule has 6 nitrogen and oxygen atoms in total. The molecule has 2 aliphatic rings. The summed E-state index contributed by atoms with van der Waals surface area (Å²) in [6.07, 6.45) is 0.971. The molecule has 0 saturated carbocycles. The number of alkyl halides is 3. The molecule has 0 bridgehead atoms. The number of piperazine rings is 1. The maximum absolute atomic E-state index is 12.8. The molecule has 3 rings (SSSR count). The lowest BCUT2D eigenvalue weighted by Crippen LogP contribution is -2.50. The van der Waals surface area contributed by atoms with Crippen LogP contribution in [-0.2, 0) is 11.0 Å². The molecule has 0 N–H and O–H groups in total. The van der Waals surface area contributed by atoms with Gasteiger partial charge in [-0.2, -0.15) is 13.2 Å². The number of halogens is 3. The van der Waals surface area contributed by atoms with Gasteiger partial charge in [-0.25, -0.2) is 9.97 Å². The summed E-state index contributed by atoms with van der Waals surface area (Å²) in [4.78, 5) is 25.5. The lowest BCUT2D eigenvalue weighted by atomic mass is 10.2. The van der Waals surface area contributed by atoms with E-state index in [1.54, 1.807) is 0 Å². The molecule has 0 atom stereocenters. The second kappa shape index (κ2) is 8.20. The molecule has 0 aromatic carbocycles. The zero-order chi connectivity index (χ0) is 18.6. The lowest BCUT2D eigenvalue weighted by molar-refractivity contribution is -0.141. The van der Waals surface area contributed by atoms with Crippen LogP contribution in [0.3, 0.4) is 0 Å². The summed E-state index contributed by atoms with van der Waals surface area (Å²) < 4.78 is 38.4. The number of hydrogen-bond donors (Lipinski definition) is 0. The molecule has 1 aromatic rings. The normalized spacial score (nSPS) is 20.1. The van der Waals surface area contributed by atoms with Crippen LogP contribution in [0.5, 0.6) is 0 Å². The van der Waals surface area contributed by atoms with E-state index < -0.39 is 11.9 Å². The highest BCUT2D eigenvalue weighted by molar-refractivity contribution is 5.78. The fraction of sp³-hybridized carbons (Fsp3) is 0.706. The van der Waals surface area contributed by atoms with Crippen molar-refractivity contribution >= 4 is 11.7 Å². The number of likely N-dealkylation sites (tertiary alicyclic amines) is 1. The maximum Gasteiger partial charge on any atom is 0.433 e. The van der Waals surface area contributed by atoms with Crippen LogP contribution in [-0.4, -0.2) is 71.5 Å². The molecule has 0 spiro atoms. The summed E-state index contributed by atoms with van der Waals surface area (Å²) >= 11 is 0. The van der Waals surface area contributed by atoms with E-state index in [1.165, 1.54) is 12.8 Å². The number of anilines is 1. The van der Waals surface area contributed by atoms with Crippen LogP contribution in [0, 0.1) is 0 Å². The minimum absolute atomic E-state index is 0.154. The van der Waals surface area contributed by atoms with Crippen LogP contribution in [0.2, 0.25) is 0 Å². The zero-order valence-electron chi connectivity index (χ0n) is 14.7. The minimum atomic E-state index is -4.47. The van der Waals surface area contributed by atoms with Gasteiger partial charge in [0, 0.05) is 45.3 Å². The second-order valence-corrected chi connectivity index (χ2v) is 6.82. The van der Waals surface area contributed by atoms with E-state index in [1.807, 2.05) is 9.80 Å². The van der Waals surface area contributed by atoms with Gasteiger partial charge in [0.25, 0.3) is 0 Å². The molecule has 0 unspecified atom stereocenters. The van der Waals surface area contributed by atoms with Crippen LogP contribution >= 0.6 is 0 Å². The molecule has 9 heteroatoms. The molecular formula is C17H24F3N5O. The number of amides is 1. The van der Waals surface area contributed by atoms with E-state index in [4.69, 9.17) is 0 Å². The van der Waals surface area contributed by atoms with Gasteiger partial charge in [0.05, 0.1) is 6.54 Å². The van der Waals surface area contributed by atoms with Crippen molar-refractivity contribution in [3.05, 3.63) is 18.1 Å². The maximum atomic E-state index is 12.8. The Morgan fingerprint density at radius 1 is 0.962 bits per heavy atom. The number of carbonyl (C=O) groups is 1. The fourth-order valence-electron chi connectivity index (χ4n) is 3.42. The van der Waals surface area contributed by atoms with Crippen molar-refractivity contribution < 1.29 is 18.0 Å². The first kappa shape index (κ1) is 18.9. The lowest BCUT2D eigenvalue weighted by Gasteiger charge is -2.36. The summed E-state index contributed by atoms with van der Waals surface area (Å²) in [6, 6.07) is 0.984. The topological polar surface area (TPSA) is 52.6 Å². The van der Waals surface area contributed by atoms with Gasteiger partial charge < -0.3 is 9.80 Å². The van der Waals surface area contributed by atoms with Crippen molar-refractivity contribution in [2.24, 2.45) is 0 Å². The molecule has 1 amide bonds. The van der Waals surface area contributed by atoms with Crippen LogP contribution in [0.15, 0.2) is 12.4 Å². The quantitative estimate of drug-likeness (QED) is 0.814. The Labute approximate surface area is 151 Å². The molecule has 26 heavy (non-hydrogen) atoms. The van der Waals surface area contributed by atoms with E-state index in [2.05, 4.69) is 14.9 Å². The van der Waals surface area contributed by atoms with Crippen molar-refractivity contribution in [3.8, 4) is 0 Å². The van der Waals surface area contributed by atoms with Gasteiger partial charge in [-0.15, -0.1) is 0 Å². The third kappa shape index (κ3) is 4.84. The summed E-state index contributed by atoms with van der Waals surface area (Å²) in [5, 5.41) is 0. The van der Waals surface area contributed by atoms with Crippen LogP contribution in [0.1, 0.15) is 31.4 Å². The van der Waals surface area contributed by atoms with Gasteiger partial charge in [0.1, 0.15) is 17.8 Å². The number of carbonyl (C=O) groups excluding carboxylic acids is 1. The van der Waals surface area contributed by atoms with Crippen molar-refractivity contribution in [2.45, 2.75) is 31.9 Å². The summed E-state index contributed by atoms with van der Waals surface area (Å²) in [7, 11) is 0. The molecule has 144 valence electrons. The molecule has 1 aromatic heterocycles. The van der Waals surface area contributed by atoms with Crippen LogP contribution in [0.4, 0.5) is 19.0 Å². The highest BCUT2D eigenvalue weighted by Gasteiger charge is 2.33. The number of rotatable bonds is 3. The van der Waals surface area contributed by atoms with Gasteiger partial charge in [-0.3, -0.25) is 9.69 Å². The first-order valence-corrected chi connectivity index (χ1v) is 9.08. The van der Waals surface area contributed by atoms with Crippen molar-refractivity contribution in [3.63, 3.8) is 0 Å². The Kier molecular flexibility index (Phi) is 5.95. The van der Waals surface area contributed by atoms with Crippen molar-refractivity contribution in [1.29, 1.82) is 0 Å². The van der Waals surface area contributed by atoms with Crippen molar-refractivity contribution in [2.75, 3.05) is 50.7 Å². The molecular weight excluding hydrogens is 347 g/mol. The van der Waals surface area contributed by atoms with Crippen LogP contribution in [0.25, 0.3) is 0 Å². The van der Waals surface area contributed by atoms with Gasteiger partial charge >= 0.3 is 6.18 Å². The number of hydrogen-bond acceptors (Lipinski definition) is 5. The highest BCUT2D eigenvalue weighted by Crippen LogP contribution is 2.29. The van der Waals surface area contributed by atoms with Crippen molar-refractivity contribution in [1.82, 2.24) is 19.8 Å². The largest absolute Gasteiger partial charge is 0.433 e. The summed E-state index contributed by atoms with van der Waals surface area (Å²) in [5.41, 5.74) is -0.929. The average Bonchev–Trinajstić information content (AvgIpc) is 2.91. The van der Waals surface area contributed by atoms with Gasteiger partial charge in [-0.05, 0) is 12.8 Å². The first-order chi connectivity index (χ1) is 12.4. The summed E-state index contributed by atoms with van der Waals surface area (Å²) in [5.74, 6) is 0.438. The van der Waals surface area contributed by atoms with Gasteiger partial charge in [-0.1, -0.05) is 12.8 Å². The molecule has 2 saturated heterocycles. The van der Waals surface area contributed by atoms with E-state index in [0.29, 0.717) is 32.7 Å². The Hall–Kier alpha value is -1.90. The molecule has 2 aliphatic heterocycles. The Morgan fingerprint density at radius 2 is 1.62 bits per heavy atom. The van der Waals surface area contributed by atoms with E-state index in [0.717, 1.165) is 38.3 Å². The van der Waals surface area contributed by atoms with E-state index in [9.17, 15) is 18.0 Å². The summed E-state index contributed by atoms with van der Waals surface area (Å²) in [6.45, 7) is 4.39. The third-order valence-corrected chi connectivity index (χ3v) is 4.96. The molecule has 0 radical (unpaired) electrons. The number of aromatic nitrogens is 2. The predicted octanol–water partition coefficient (Wildman–Crippen LogP) is 2.02. The SMILES string of the molecule is O=C(CN1CCN(c2cc(C(F)(F)F)ncn2)CC1)N1CCCCCC1. The Bertz CT molecular complexity index is 609. The average molecular weight is 371 g/mol. The van der Waals surface area contributed by atoms with Gasteiger partial charge in [0.15, 0.2) is 0 Å². The Balaban J connectivity index is 1.52. The second-order valence-electron chi connectivity index (χ2n) is 6.82. The monoisotopic (exact) mass is 371 g/mol. The molecule has 0 aliphatic carbocycles. The predicted molar refractivity (Wildman–Crippen MR) is 90.7 cm³/mol. The minimum Gasteiger partial charge on any atom is -0.354 e. The smallest absolute Gasteiger partial charge is 0.354 e. The van der Waals surface area contributed by atoms with Crippen LogP contribution < -0.4 is 4.90 Å².